The Morgan fingerprint density at radius 1 is 1.13 bits per heavy atom. The van der Waals surface area contributed by atoms with Gasteiger partial charge in [-0.2, -0.15) is 13.2 Å². The van der Waals surface area contributed by atoms with Gasteiger partial charge < -0.3 is 10.4 Å². The summed E-state index contributed by atoms with van der Waals surface area (Å²) >= 11 is 1.24. The lowest BCUT2D eigenvalue weighted by atomic mass is 9.81. The molecule has 0 bridgehead atoms. The number of alkyl halides is 5. The highest BCUT2D eigenvalue weighted by Gasteiger charge is 2.39. The van der Waals surface area contributed by atoms with Crippen molar-refractivity contribution in [2.24, 2.45) is 0 Å². The minimum atomic E-state index is -4.66. The third kappa shape index (κ3) is 4.12. The smallest absolute Gasteiger partial charge is 0.383 e. The molecule has 11 heteroatoms. The Labute approximate surface area is 171 Å². The Balaban J connectivity index is 1.67. The van der Waals surface area contributed by atoms with Crippen LogP contribution in [0.25, 0.3) is 11.3 Å². The van der Waals surface area contributed by atoms with Crippen LogP contribution in [0.2, 0.25) is 0 Å². The Bertz CT molecular complexity index is 1070. The van der Waals surface area contributed by atoms with E-state index in [0.29, 0.717) is 35.2 Å². The van der Waals surface area contributed by atoms with Gasteiger partial charge in [0.1, 0.15) is 16.3 Å². The molecule has 1 fully saturated rings. The molecule has 0 radical (unpaired) electrons. The van der Waals surface area contributed by atoms with Crippen molar-refractivity contribution >= 4 is 23.0 Å². The molecule has 0 aliphatic heterocycles. The largest absolute Gasteiger partial charge is 0.433 e. The zero-order valence-electron chi connectivity index (χ0n) is 15.2. The van der Waals surface area contributed by atoms with E-state index in [4.69, 9.17) is 0 Å². The lowest BCUT2D eigenvalue weighted by molar-refractivity contribution is -0.141. The summed E-state index contributed by atoms with van der Waals surface area (Å²) in [4.78, 5) is 11.5. The van der Waals surface area contributed by atoms with Crippen LogP contribution in [-0.4, -0.2) is 20.1 Å². The molecule has 1 aliphatic rings. The van der Waals surface area contributed by atoms with Gasteiger partial charge in [-0.15, -0.1) is 11.3 Å². The summed E-state index contributed by atoms with van der Waals surface area (Å²) in [5.74, 6) is -0.370. The molecule has 2 aromatic heterocycles. The van der Waals surface area contributed by atoms with Crippen LogP contribution < -0.4 is 5.32 Å². The zero-order chi connectivity index (χ0) is 21.5. The maximum atomic E-state index is 13.4. The third-order valence-corrected chi connectivity index (χ3v) is 5.82. The highest BCUT2D eigenvalue weighted by molar-refractivity contribution is 7.10. The van der Waals surface area contributed by atoms with Crippen LogP contribution in [0, 0.1) is 0 Å². The van der Waals surface area contributed by atoms with Crippen molar-refractivity contribution in [3.05, 3.63) is 52.1 Å². The summed E-state index contributed by atoms with van der Waals surface area (Å²) in [6, 6.07) is 4.56. The van der Waals surface area contributed by atoms with Crippen LogP contribution in [-0.2, 0) is 11.8 Å². The van der Waals surface area contributed by atoms with Gasteiger partial charge in [0.25, 0.3) is 6.43 Å². The van der Waals surface area contributed by atoms with Crippen LogP contribution in [0.15, 0.2) is 35.8 Å². The minimum absolute atomic E-state index is 0.0963. The van der Waals surface area contributed by atoms with E-state index in [9.17, 15) is 27.1 Å². The number of thiazole rings is 1. The highest BCUT2D eigenvalue weighted by atomic mass is 32.1. The molecule has 1 saturated carbocycles. The lowest BCUT2D eigenvalue weighted by Gasteiger charge is -2.34. The average molecular weight is 442 g/mol. The van der Waals surface area contributed by atoms with Crippen LogP contribution in [0.1, 0.15) is 42.0 Å². The van der Waals surface area contributed by atoms with Crippen molar-refractivity contribution in [1.29, 1.82) is 0 Å². The van der Waals surface area contributed by atoms with Gasteiger partial charge in [-0.05, 0) is 43.5 Å². The monoisotopic (exact) mass is 442 g/mol. The molecule has 2 heterocycles. The summed E-state index contributed by atoms with van der Waals surface area (Å²) in [5, 5.41) is 15.2. The number of nitrogens with one attached hydrogen (secondary N) is 1. The summed E-state index contributed by atoms with van der Waals surface area (Å²) in [6.45, 7) is 0. The van der Waals surface area contributed by atoms with E-state index in [0.717, 1.165) is 18.7 Å². The molecule has 158 valence electrons. The fraction of sp³-hybridized carbons (Fsp3) is 0.316. The van der Waals surface area contributed by atoms with Crippen molar-refractivity contribution in [2.75, 3.05) is 5.32 Å². The highest BCUT2D eigenvalue weighted by Crippen LogP contribution is 2.43. The van der Waals surface area contributed by atoms with Gasteiger partial charge in [0.2, 0.25) is 5.95 Å². The van der Waals surface area contributed by atoms with Gasteiger partial charge in [0.15, 0.2) is 0 Å². The van der Waals surface area contributed by atoms with Crippen LogP contribution in [0.3, 0.4) is 0 Å². The standard InChI is InChI=1S/C19H15F5N4OS/c20-15(21)11-6-10(13-9-30-16(27-13)18(29)3-1-4-18)7-12(8-11)26-17-25-5-2-14(28-17)19(22,23)24/h2,5-9,15,29H,1,3-4H2,(H,25,26,28). The van der Waals surface area contributed by atoms with Gasteiger partial charge in [0.05, 0.1) is 5.69 Å². The fourth-order valence-corrected chi connectivity index (χ4v) is 4.04. The van der Waals surface area contributed by atoms with E-state index in [1.54, 1.807) is 5.38 Å². The number of aromatic nitrogens is 3. The van der Waals surface area contributed by atoms with Crippen LogP contribution in [0.4, 0.5) is 33.6 Å². The van der Waals surface area contributed by atoms with Gasteiger partial charge >= 0.3 is 6.18 Å². The molecule has 2 N–H and O–H groups in total. The summed E-state index contributed by atoms with van der Waals surface area (Å²) in [6.07, 6.45) is -4.46. The maximum absolute atomic E-state index is 13.4. The number of nitrogens with zero attached hydrogens (tertiary/aromatic N) is 3. The predicted octanol–water partition coefficient (Wildman–Crippen LogP) is 5.67. The fourth-order valence-electron chi connectivity index (χ4n) is 3.05. The molecule has 3 aromatic rings. The van der Waals surface area contributed by atoms with Crippen LogP contribution >= 0.6 is 11.3 Å². The van der Waals surface area contributed by atoms with Crippen molar-refractivity contribution in [3.63, 3.8) is 0 Å². The van der Waals surface area contributed by atoms with Crippen molar-refractivity contribution < 1.29 is 27.1 Å². The summed E-state index contributed by atoms with van der Waals surface area (Å²) in [7, 11) is 0. The minimum Gasteiger partial charge on any atom is -0.383 e. The van der Waals surface area contributed by atoms with E-state index in [1.165, 1.54) is 23.5 Å². The van der Waals surface area contributed by atoms with E-state index in [2.05, 4.69) is 20.3 Å². The van der Waals surface area contributed by atoms with E-state index < -0.39 is 23.9 Å². The Hall–Kier alpha value is -2.66. The maximum Gasteiger partial charge on any atom is 0.433 e. The summed E-state index contributed by atoms with van der Waals surface area (Å²) in [5.41, 5.74) is -1.63. The molecule has 1 aromatic carbocycles. The Morgan fingerprint density at radius 3 is 2.53 bits per heavy atom. The molecule has 1 aliphatic carbocycles. The first-order valence-corrected chi connectivity index (χ1v) is 9.81. The number of halogens is 5. The van der Waals surface area contributed by atoms with E-state index in [-0.39, 0.29) is 17.2 Å². The molecule has 4 rings (SSSR count). The molecule has 0 atom stereocenters. The van der Waals surface area contributed by atoms with Crippen molar-refractivity contribution in [1.82, 2.24) is 15.0 Å². The molecule has 30 heavy (non-hydrogen) atoms. The molecule has 5 nitrogen and oxygen atoms in total. The van der Waals surface area contributed by atoms with Gasteiger partial charge in [-0.1, -0.05) is 0 Å². The van der Waals surface area contributed by atoms with Gasteiger partial charge in [-0.25, -0.2) is 23.7 Å². The molecule has 0 saturated heterocycles. The van der Waals surface area contributed by atoms with Gasteiger partial charge in [-0.3, -0.25) is 0 Å². The average Bonchev–Trinajstić information content (AvgIpc) is 3.16. The molecule has 0 unspecified atom stereocenters. The predicted molar refractivity (Wildman–Crippen MR) is 101 cm³/mol. The lowest BCUT2D eigenvalue weighted by Crippen LogP contribution is -2.33. The number of hydrogen-bond donors (Lipinski definition) is 2. The van der Waals surface area contributed by atoms with Crippen LogP contribution in [0.5, 0.6) is 0 Å². The Kier molecular flexibility index (Phi) is 5.18. The number of hydrogen-bond acceptors (Lipinski definition) is 6. The van der Waals surface area contributed by atoms with Gasteiger partial charge in [0, 0.05) is 28.4 Å². The first-order chi connectivity index (χ1) is 14.1. The van der Waals surface area contributed by atoms with E-state index in [1.807, 2.05) is 0 Å². The normalized spacial score (nSPS) is 15.8. The zero-order valence-corrected chi connectivity index (χ0v) is 16.1. The molecule has 0 amide bonds. The second-order valence-corrected chi connectivity index (χ2v) is 7.81. The van der Waals surface area contributed by atoms with E-state index >= 15 is 0 Å². The third-order valence-electron chi connectivity index (χ3n) is 4.79. The number of rotatable bonds is 5. The molecular formula is C19H15F5N4OS. The first-order valence-electron chi connectivity index (χ1n) is 8.93. The first kappa shape index (κ1) is 20.6. The summed E-state index contributed by atoms with van der Waals surface area (Å²) < 4.78 is 65.3. The number of anilines is 2. The quantitative estimate of drug-likeness (QED) is 0.498. The Morgan fingerprint density at radius 2 is 1.90 bits per heavy atom. The van der Waals surface area contributed by atoms with Crippen molar-refractivity contribution in [2.45, 2.75) is 37.5 Å². The number of aliphatic hydroxyl groups is 1. The number of benzene rings is 1. The van der Waals surface area contributed by atoms with Crippen molar-refractivity contribution in [3.8, 4) is 11.3 Å². The topological polar surface area (TPSA) is 70.9 Å². The SMILES string of the molecule is OC1(c2nc(-c3cc(Nc4nccc(C(F)(F)F)n4)cc(C(F)F)c3)cs2)CCC1. The second kappa shape index (κ2) is 7.55. The molecule has 0 spiro atoms. The second-order valence-electron chi connectivity index (χ2n) is 6.96. The molecular weight excluding hydrogens is 427 g/mol.